The lowest BCUT2D eigenvalue weighted by Gasteiger charge is -2.22. The van der Waals surface area contributed by atoms with E-state index in [1.54, 1.807) is 6.92 Å². The van der Waals surface area contributed by atoms with Gasteiger partial charge in [-0.25, -0.2) is 0 Å². The maximum atomic E-state index is 12.5. The van der Waals surface area contributed by atoms with Gasteiger partial charge in [0, 0.05) is 16.6 Å². The largest absolute Gasteiger partial charge is 0.494 e. The Kier molecular flexibility index (Phi) is 2.91. The molecule has 0 fully saturated rings. The minimum Gasteiger partial charge on any atom is -0.448 e. The fourth-order valence-corrected chi connectivity index (χ4v) is 1.97. The lowest BCUT2D eigenvalue weighted by atomic mass is 9.76. The number of H-pyrrole nitrogens is 1. The number of halogens is 3. The van der Waals surface area contributed by atoms with Crippen molar-refractivity contribution in [1.29, 1.82) is 0 Å². The van der Waals surface area contributed by atoms with E-state index in [4.69, 9.17) is 5.73 Å². The van der Waals surface area contributed by atoms with Crippen molar-refractivity contribution in [2.24, 2.45) is 5.73 Å². The van der Waals surface area contributed by atoms with Gasteiger partial charge in [-0.2, -0.15) is 0 Å². The van der Waals surface area contributed by atoms with Gasteiger partial charge in [-0.05, 0) is 30.9 Å². The van der Waals surface area contributed by atoms with Crippen LogP contribution < -0.4 is 5.73 Å². The normalized spacial score (nSPS) is 14.2. The van der Waals surface area contributed by atoms with E-state index in [2.05, 4.69) is 4.98 Å². The van der Waals surface area contributed by atoms with E-state index in [0.29, 0.717) is 5.56 Å². The average Bonchev–Trinajstić information content (AvgIpc) is 2.54. The summed E-state index contributed by atoms with van der Waals surface area (Å²) in [5.74, 6) is -1.76. The predicted molar refractivity (Wildman–Crippen MR) is 63.8 cm³/mol. The topological polar surface area (TPSA) is 41.8 Å². The molecule has 0 aliphatic carbocycles. The van der Waals surface area contributed by atoms with Gasteiger partial charge in [0.05, 0.1) is 0 Å². The number of hydrogen-bond acceptors (Lipinski definition) is 1. The average molecular weight is 241 g/mol. The van der Waals surface area contributed by atoms with Gasteiger partial charge in [-0.15, -0.1) is 0 Å². The Balaban J connectivity index is 2.39. The first kappa shape index (κ1) is 12.0. The molecular weight excluding hydrogens is 228 g/mol. The molecule has 17 heavy (non-hydrogen) atoms. The molecule has 0 saturated heterocycles. The molecule has 2 rings (SSSR count). The van der Waals surface area contributed by atoms with Crippen LogP contribution in [0.1, 0.15) is 11.3 Å². The van der Waals surface area contributed by atoms with Crippen molar-refractivity contribution in [1.82, 2.24) is 4.98 Å². The van der Waals surface area contributed by atoms with Crippen LogP contribution in [0, 0.1) is 6.92 Å². The number of nitrogens with two attached hydrogens (primary N) is 1. The van der Waals surface area contributed by atoms with Crippen LogP contribution in [0.15, 0.2) is 24.3 Å². The van der Waals surface area contributed by atoms with Gasteiger partial charge in [0.2, 0.25) is 0 Å². The van der Waals surface area contributed by atoms with Crippen LogP contribution in [-0.2, 0) is 6.42 Å². The Morgan fingerprint density at radius 2 is 1.94 bits per heavy atom. The Morgan fingerprint density at radius 3 is 2.59 bits per heavy atom. The number of benzene rings is 1. The Bertz CT molecular complexity index is 533. The molecule has 1 aromatic heterocycles. The molecule has 1 aromatic carbocycles. The minimum atomic E-state index is -4.99. The van der Waals surface area contributed by atoms with Gasteiger partial charge >= 0.3 is 6.98 Å². The number of aromatic nitrogens is 1. The minimum absolute atomic E-state index is 0.167. The molecule has 0 aliphatic rings. The van der Waals surface area contributed by atoms with Crippen molar-refractivity contribution in [2.45, 2.75) is 19.3 Å². The van der Waals surface area contributed by atoms with Crippen molar-refractivity contribution in [2.75, 3.05) is 0 Å². The highest BCUT2D eigenvalue weighted by Crippen LogP contribution is 2.25. The van der Waals surface area contributed by atoms with Gasteiger partial charge in [0.25, 0.3) is 0 Å². The van der Waals surface area contributed by atoms with Crippen LogP contribution in [-0.4, -0.2) is 17.9 Å². The summed E-state index contributed by atoms with van der Waals surface area (Å²) < 4.78 is 37.5. The molecule has 0 aliphatic heterocycles. The summed E-state index contributed by atoms with van der Waals surface area (Å²) in [6.45, 7) is -3.22. The summed E-state index contributed by atoms with van der Waals surface area (Å²) in [7, 11) is 0. The highest BCUT2D eigenvalue weighted by Gasteiger charge is 2.32. The van der Waals surface area contributed by atoms with E-state index in [0.717, 1.165) is 16.6 Å². The SMILES string of the molecule is Cc1[nH]c2ccccc2c1CC(N)[B-](F)(F)F. The second-order valence-corrected chi connectivity index (χ2v) is 4.27. The molecule has 0 radical (unpaired) electrons. The van der Waals surface area contributed by atoms with Crippen LogP contribution in [0.2, 0.25) is 0 Å². The molecule has 1 atom stereocenters. The lowest BCUT2D eigenvalue weighted by molar-refractivity contribution is 0.436. The van der Waals surface area contributed by atoms with Gasteiger partial charge in [0.1, 0.15) is 0 Å². The molecule has 92 valence electrons. The first-order valence-electron chi connectivity index (χ1n) is 5.41. The molecule has 6 heteroatoms. The molecule has 0 spiro atoms. The van der Waals surface area contributed by atoms with Crippen LogP contribution >= 0.6 is 0 Å². The monoisotopic (exact) mass is 241 g/mol. The summed E-state index contributed by atoms with van der Waals surface area (Å²) in [6.07, 6.45) is -0.167. The van der Waals surface area contributed by atoms with Crippen LogP contribution in [0.25, 0.3) is 10.9 Å². The molecule has 2 aromatic rings. The second-order valence-electron chi connectivity index (χ2n) is 4.27. The maximum Gasteiger partial charge on any atom is 0.494 e. The Morgan fingerprint density at radius 1 is 1.29 bits per heavy atom. The third kappa shape index (κ3) is 2.31. The van der Waals surface area contributed by atoms with Crippen LogP contribution in [0.5, 0.6) is 0 Å². The predicted octanol–water partition coefficient (Wildman–Crippen LogP) is 2.73. The first-order chi connectivity index (χ1) is 7.89. The molecule has 0 amide bonds. The molecular formula is C11H13BF3N2-. The molecule has 1 heterocycles. The number of nitrogens with one attached hydrogen (secondary N) is 1. The maximum absolute atomic E-state index is 12.5. The Hall–Kier alpha value is -1.43. The first-order valence-corrected chi connectivity index (χ1v) is 5.41. The van der Waals surface area contributed by atoms with Crippen LogP contribution in [0.3, 0.4) is 0 Å². The van der Waals surface area contributed by atoms with E-state index >= 15 is 0 Å². The van der Waals surface area contributed by atoms with Gasteiger partial charge in [-0.3, -0.25) is 0 Å². The number of rotatable bonds is 3. The third-order valence-electron chi connectivity index (χ3n) is 2.95. The van der Waals surface area contributed by atoms with E-state index in [1.165, 1.54) is 0 Å². The molecule has 1 unspecified atom stereocenters. The second kappa shape index (κ2) is 4.11. The zero-order valence-corrected chi connectivity index (χ0v) is 9.38. The summed E-state index contributed by atoms with van der Waals surface area (Å²) in [6, 6.07) is 7.30. The number of aromatic amines is 1. The van der Waals surface area contributed by atoms with E-state index in [1.807, 2.05) is 24.3 Å². The number of para-hydroxylation sites is 1. The van der Waals surface area contributed by atoms with Crippen molar-refractivity contribution < 1.29 is 12.9 Å². The zero-order chi connectivity index (χ0) is 12.6. The highest BCUT2D eigenvalue weighted by atomic mass is 19.4. The third-order valence-corrected chi connectivity index (χ3v) is 2.95. The smallest absolute Gasteiger partial charge is 0.448 e. The van der Waals surface area contributed by atoms with Crippen LogP contribution in [0.4, 0.5) is 12.9 Å². The molecule has 0 saturated carbocycles. The zero-order valence-electron chi connectivity index (χ0n) is 9.38. The molecule has 2 nitrogen and oxygen atoms in total. The van der Waals surface area contributed by atoms with Crippen molar-refractivity contribution >= 4 is 17.9 Å². The fourth-order valence-electron chi connectivity index (χ4n) is 1.97. The summed E-state index contributed by atoms with van der Waals surface area (Å²) in [4.78, 5) is 3.07. The summed E-state index contributed by atoms with van der Waals surface area (Å²) in [5, 5.41) is 0.820. The van der Waals surface area contributed by atoms with Gasteiger partial charge < -0.3 is 23.7 Å². The number of aryl methyl sites for hydroxylation is 1. The molecule has 0 bridgehead atoms. The number of fused-ring (bicyclic) bond motifs is 1. The quantitative estimate of drug-likeness (QED) is 0.797. The van der Waals surface area contributed by atoms with Crippen molar-refractivity contribution in [3.63, 3.8) is 0 Å². The van der Waals surface area contributed by atoms with Gasteiger partial charge in [0.15, 0.2) is 0 Å². The lowest BCUT2D eigenvalue weighted by Crippen LogP contribution is -2.44. The Labute approximate surface area is 97.1 Å². The molecule has 3 N–H and O–H groups in total. The van der Waals surface area contributed by atoms with E-state index in [-0.39, 0.29) is 6.42 Å². The van der Waals surface area contributed by atoms with Crippen molar-refractivity contribution in [3.05, 3.63) is 35.5 Å². The summed E-state index contributed by atoms with van der Waals surface area (Å²) >= 11 is 0. The van der Waals surface area contributed by atoms with E-state index < -0.39 is 12.9 Å². The van der Waals surface area contributed by atoms with Gasteiger partial charge in [-0.1, -0.05) is 18.2 Å². The number of hydrogen-bond donors (Lipinski definition) is 2. The fraction of sp³-hybridized carbons (Fsp3) is 0.273. The standard InChI is InChI=1S/C11H13BF3N2/c1-7-9(6-11(16)12(13,14)15)8-4-2-3-5-10(8)17-7/h2-5,11,17H,6,16H2,1H3/q-1. The van der Waals surface area contributed by atoms with E-state index in [9.17, 15) is 12.9 Å². The summed E-state index contributed by atoms with van der Waals surface area (Å²) in [5.41, 5.74) is 7.45. The highest BCUT2D eigenvalue weighted by molar-refractivity contribution is 6.60. The van der Waals surface area contributed by atoms with Crippen molar-refractivity contribution in [3.8, 4) is 0 Å².